The largest absolute Gasteiger partial charge is 0.416 e. The maximum atomic E-state index is 13.0. The summed E-state index contributed by atoms with van der Waals surface area (Å²) in [6, 6.07) is 21.8. The van der Waals surface area contributed by atoms with Crippen LogP contribution in [0, 0.1) is 0 Å². The van der Waals surface area contributed by atoms with Crippen LogP contribution >= 0.6 is 0 Å². The van der Waals surface area contributed by atoms with E-state index in [4.69, 9.17) is 0 Å². The highest BCUT2D eigenvalue weighted by Crippen LogP contribution is 2.35. The van der Waals surface area contributed by atoms with Gasteiger partial charge in [0.2, 0.25) is 0 Å². The molecule has 0 unspecified atom stereocenters. The number of carbonyl (C=O) groups excluding carboxylic acids is 1. The van der Waals surface area contributed by atoms with Gasteiger partial charge in [0, 0.05) is 17.8 Å². The summed E-state index contributed by atoms with van der Waals surface area (Å²) in [5.41, 5.74) is 2.73. The third kappa shape index (κ3) is 3.78. The second-order valence-corrected chi connectivity index (χ2v) is 6.67. The van der Waals surface area contributed by atoms with Gasteiger partial charge in [-0.1, -0.05) is 48.5 Å². The number of hydrogen-bond donors (Lipinski definition) is 0. The van der Waals surface area contributed by atoms with Crippen LogP contribution in [0.15, 0.2) is 83.9 Å². The Morgan fingerprint density at radius 2 is 1.48 bits per heavy atom. The molecule has 0 N–H and O–H groups in total. The molecule has 146 valence electrons. The summed E-state index contributed by atoms with van der Waals surface area (Å²) in [5, 5.41) is 0. The Hall–Kier alpha value is -3.41. The van der Waals surface area contributed by atoms with Gasteiger partial charge in [-0.3, -0.25) is 14.7 Å². The van der Waals surface area contributed by atoms with Crippen LogP contribution in [0.5, 0.6) is 0 Å². The number of halogens is 3. The minimum absolute atomic E-state index is 0.204. The van der Waals surface area contributed by atoms with Gasteiger partial charge >= 0.3 is 6.18 Å². The highest BCUT2D eigenvalue weighted by atomic mass is 19.4. The minimum atomic E-state index is -4.35. The van der Waals surface area contributed by atoms with Gasteiger partial charge in [-0.05, 0) is 42.3 Å². The lowest BCUT2D eigenvalue weighted by atomic mass is 10.1. The van der Waals surface area contributed by atoms with Crippen molar-refractivity contribution in [2.75, 3.05) is 11.4 Å². The zero-order valence-corrected chi connectivity index (χ0v) is 15.4. The molecule has 0 spiro atoms. The van der Waals surface area contributed by atoms with Crippen molar-refractivity contribution < 1.29 is 18.0 Å². The quantitative estimate of drug-likeness (QED) is 0.582. The molecule has 0 saturated heterocycles. The standard InChI is InChI=1S/C23H17F3N2O/c24-23(25,26)17-12-10-16(11-13-17)14-15-27-21-19-8-4-5-9-20(19)28(22(21)29)18-6-2-1-3-7-18/h1-13H,14-15H2. The van der Waals surface area contributed by atoms with Crippen molar-refractivity contribution in [3.05, 3.63) is 95.6 Å². The maximum Gasteiger partial charge on any atom is 0.416 e. The van der Waals surface area contributed by atoms with E-state index in [-0.39, 0.29) is 5.91 Å². The Morgan fingerprint density at radius 3 is 2.17 bits per heavy atom. The summed E-state index contributed by atoms with van der Waals surface area (Å²) in [4.78, 5) is 19.2. The van der Waals surface area contributed by atoms with Crippen molar-refractivity contribution >= 4 is 23.0 Å². The van der Waals surface area contributed by atoms with Crippen molar-refractivity contribution in [3.8, 4) is 0 Å². The maximum absolute atomic E-state index is 13.0. The van der Waals surface area contributed by atoms with E-state index >= 15 is 0 Å². The number of nitrogens with zero attached hydrogens (tertiary/aromatic N) is 2. The molecule has 3 nitrogen and oxygen atoms in total. The van der Waals surface area contributed by atoms with Crippen LogP contribution in [-0.2, 0) is 17.4 Å². The lowest BCUT2D eigenvalue weighted by Gasteiger charge is -2.16. The molecule has 0 atom stereocenters. The number of hydrogen-bond acceptors (Lipinski definition) is 2. The molecular formula is C23H17F3N2O. The predicted molar refractivity (Wildman–Crippen MR) is 107 cm³/mol. The number of rotatable bonds is 4. The van der Waals surface area contributed by atoms with Gasteiger partial charge in [0.15, 0.2) is 0 Å². The zero-order valence-electron chi connectivity index (χ0n) is 15.4. The van der Waals surface area contributed by atoms with Crippen molar-refractivity contribution in [1.29, 1.82) is 0 Å². The number of alkyl halides is 3. The first-order valence-corrected chi connectivity index (χ1v) is 9.14. The van der Waals surface area contributed by atoms with Crippen LogP contribution in [0.3, 0.4) is 0 Å². The number of fused-ring (bicyclic) bond motifs is 1. The average Bonchev–Trinajstić information content (AvgIpc) is 3.00. The van der Waals surface area contributed by atoms with E-state index in [0.29, 0.717) is 18.7 Å². The molecule has 1 aliphatic heterocycles. The number of para-hydroxylation sites is 2. The molecule has 0 bridgehead atoms. The monoisotopic (exact) mass is 394 g/mol. The van der Waals surface area contributed by atoms with Crippen molar-refractivity contribution in [2.45, 2.75) is 12.6 Å². The van der Waals surface area contributed by atoms with Crippen LogP contribution in [0.1, 0.15) is 16.7 Å². The van der Waals surface area contributed by atoms with Gasteiger partial charge in [-0.25, -0.2) is 0 Å². The molecule has 0 aliphatic carbocycles. The molecule has 6 heteroatoms. The number of anilines is 2. The molecule has 3 aromatic rings. The molecule has 4 rings (SSSR count). The number of aliphatic imine (C=N–C) groups is 1. The molecule has 3 aromatic carbocycles. The highest BCUT2D eigenvalue weighted by Gasteiger charge is 2.34. The summed E-state index contributed by atoms with van der Waals surface area (Å²) < 4.78 is 38.0. The number of carbonyl (C=O) groups is 1. The highest BCUT2D eigenvalue weighted by molar-refractivity contribution is 6.55. The summed E-state index contributed by atoms with van der Waals surface area (Å²) in [6.07, 6.45) is -3.90. The smallest absolute Gasteiger partial charge is 0.279 e. The molecule has 0 radical (unpaired) electrons. The minimum Gasteiger partial charge on any atom is -0.279 e. The van der Waals surface area contributed by atoms with Crippen LogP contribution in [0.25, 0.3) is 0 Å². The molecule has 0 fully saturated rings. The number of amides is 1. The molecule has 0 saturated carbocycles. The SMILES string of the molecule is O=C1C(=NCCc2ccc(C(F)(F)F)cc2)c2ccccc2N1c1ccccc1. The lowest BCUT2D eigenvalue weighted by molar-refractivity contribution is -0.137. The van der Waals surface area contributed by atoms with Crippen molar-refractivity contribution in [2.24, 2.45) is 4.99 Å². The Bertz CT molecular complexity index is 1060. The van der Waals surface area contributed by atoms with Crippen molar-refractivity contribution in [1.82, 2.24) is 0 Å². The molecule has 29 heavy (non-hydrogen) atoms. The van der Waals surface area contributed by atoms with E-state index in [1.165, 1.54) is 12.1 Å². The second kappa shape index (κ2) is 7.54. The molecule has 1 amide bonds. The van der Waals surface area contributed by atoms with Crippen LogP contribution in [-0.4, -0.2) is 18.2 Å². The van der Waals surface area contributed by atoms with Gasteiger partial charge in [-0.15, -0.1) is 0 Å². The van der Waals surface area contributed by atoms with E-state index in [1.807, 2.05) is 54.6 Å². The molecule has 0 aromatic heterocycles. The third-order valence-electron chi connectivity index (χ3n) is 4.77. The first-order valence-electron chi connectivity index (χ1n) is 9.14. The van der Waals surface area contributed by atoms with E-state index in [1.54, 1.807) is 4.90 Å². The summed E-state index contributed by atoms with van der Waals surface area (Å²) in [5.74, 6) is -0.204. The fourth-order valence-electron chi connectivity index (χ4n) is 3.34. The van der Waals surface area contributed by atoms with Crippen molar-refractivity contribution in [3.63, 3.8) is 0 Å². The average molecular weight is 394 g/mol. The summed E-state index contributed by atoms with van der Waals surface area (Å²) >= 11 is 0. The Balaban J connectivity index is 1.55. The van der Waals surface area contributed by atoms with Gasteiger partial charge < -0.3 is 0 Å². The van der Waals surface area contributed by atoms with Crippen LogP contribution in [0.4, 0.5) is 24.5 Å². The van der Waals surface area contributed by atoms with Gasteiger partial charge in [0.05, 0.1) is 11.3 Å². The Kier molecular flexibility index (Phi) is 4.92. The fraction of sp³-hybridized carbons (Fsp3) is 0.130. The summed E-state index contributed by atoms with van der Waals surface area (Å²) in [6.45, 7) is 0.309. The Morgan fingerprint density at radius 1 is 0.828 bits per heavy atom. The van der Waals surface area contributed by atoms with Gasteiger partial charge in [0.1, 0.15) is 5.71 Å². The molecular weight excluding hydrogens is 377 g/mol. The van der Waals surface area contributed by atoms with Gasteiger partial charge in [0.25, 0.3) is 5.91 Å². The molecule has 1 aliphatic rings. The zero-order chi connectivity index (χ0) is 20.4. The molecule has 1 heterocycles. The normalized spacial score (nSPS) is 15.1. The first kappa shape index (κ1) is 18.9. The van der Waals surface area contributed by atoms with Crippen LogP contribution < -0.4 is 4.90 Å². The van der Waals surface area contributed by atoms with E-state index in [2.05, 4.69) is 4.99 Å². The van der Waals surface area contributed by atoms with E-state index in [0.717, 1.165) is 34.6 Å². The number of benzene rings is 3. The summed E-state index contributed by atoms with van der Waals surface area (Å²) in [7, 11) is 0. The third-order valence-corrected chi connectivity index (χ3v) is 4.77. The van der Waals surface area contributed by atoms with Gasteiger partial charge in [-0.2, -0.15) is 13.2 Å². The Labute approximate surface area is 166 Å². The van der Waals surface area contributed by atoms with E-state index in [9.17, 15) is 18.0 Å². The van der Waals surface area contributed by atoms with Crippen LogP contribution in [0.2, 0.25) is 0 Å². The fourth-order valence-corrected chi connectivity index (χ4v) is 3.34. The lowest BCUT2D eigenvalue weighted by Crippen LogP contribution is -2.25. The topological polar surface area (TPSA) is 32.7 Å². The first-order chi connectivity index (χ1) is 13.9. The van der Waals surface area contributed by atoms with E-state index < -0.39 is 11.7 Å². The predicted octanol–water partition coefficient (Wildman–Crippen LogP) is 5.42. The second-order valence-electron chi connectivity index (χ2n) is 6.67.